The number of quaternary nitrogens is 1. The summed E-state index contributed by atoms with van der Waals surface area (Å²) in [5, 5.41) is 11.8. The average Bonchev–Trinajstić information content (AvgIpc) is 3.11. The van der Waals surface area contributed by atoms with Gasteiger partial charge in [-0.05, 0) is 12.5 Å². The van der Waals surface area contributed by atoms with Crippen LogP contribution in [0.2, 0.25) is 0 Å². The minimum atomic E-state index is 0.755. The number of aryl methyl sites for hydroxylation is 1. The van der Waals surface area contributed by atoms with Crippen molar-refractivity contribution in [1.82, 2.24) is 14.8 Å². The first-order valence-electron chi connectivity index (χ1n) is 9.96. The Morgan fingerprint density at radius 2 is 1.75 bits per heavy atom. The van der Waals surface area contributed by atoms with Gasteiger partial charge < -0.3 is 4.90 Å². The molecule has 1 N–H and O–H groups in total. The fourth-order valence-corrected chi connectivity index (χ4v) is 3.45. The number of hydrogen-bond donors (Lipinski definition) is 1. The van der Waals surface area contributed by atoms with Crippen molar-refractivity contribution in [2.45, 2.75) is 13.5 Å². The van der Waals surface area contributed by atoms with Crippen molar-refractivity contribution in [2.24, 2.45) is 5.10 Å². The van der Waals surface area contributed by atoms with Crippen LogP contribution in [0.5, 0.6) is 0 Å². The Bertz CT molecular complexity index is 919. The molecule has 0 saturated carbocycles. The highest BCUT2D eigenvalue weighted by atomic mass is 15.5. The Balaban J connectivity index is 1.61. The molecule has 0 aliphatic carbocycles. The van der Waals surface area contributed by atoms with Gasteiger partial charge in [-0.15, -0.1) is 0 Å². The van der Waals surface area contributed by atoms with Crippen LogP contribution in [0.1, 0.15) is 16.7 Å². The van der Waals surface area contributed by atoms with Crippen LogP contribution in [-0.4, -0.2) is 54.2 Å². The fraction of sp³-hybridized carbons (Fsp3) is 0.304. The number of hydrogen-bond acceptors (Lipinski definition) is 3. The van der Waals surface area contributed by atoms with Crippen LogP contribution >= 0.6 is 0 Å². The summed E-state index contributed by atoms with van der Waals surface area (Å²) in [6, 6.07) is 19.0. The van der Waals surface area contributed by atoms with E-state index in [4.69, 9.17) is 10.2 Å². The van der Waals surface area contributed by atoms with E-state index in [9.17, 15) is 0 Å². The minimum absolute atomic E-state index is 0.755. The molecule has 0 amide bonds. The zero-order valence-corrected chi connectivity index (χ0v) is 16.7. The largest absolute Gasteiger partial charge is 0.334 e. The van der Waals surface area contributed by atoms with Crippen molar-refractivity contribution in [1.29, 1.82) is 0 Å². The lowest BCUT2D eigenvalue weighted by molar-refractivity contribution is -0.884. The van der Waals surface area contributed by atoms with Gasteiger partial charge in [-0.1, -0.05) is 60.2 Å². The molecule has 5 nitrogen and oxygen atoms in total. The first kappa shape index (κ1) is 18.4. The van der Waals surface area contributed by atoms with E-state index in [0.717, 1.165) is 49.5 Å². The van der Waals surface area contributed by atoms with E-state index in [1.54, 1.807) is 4.90 Å². The van der Waals surface area contributed by atoms with Crippen LogP contribution in [0.3, 0.4) is 0 Å². The predicted molar refractivity (Wildman–Crippen MR) is 114 cm³/mol. The van der Waals surface area contributed by atoms with Gasteiger partial charge in [0.05, 0.1) is 46.0 Å². The average molecular weight is 375 g/mol. The Morgan fingerprint density at radius 3 is 2.46 bits per heavy atom. The molecule has 2 aromatic carbocycles. The highest BCUT2D eigenvalue weighted by Crippen LogP contribution is 2.22. The summed E-state index contributed by atoms with van der Waals surface area (Å²) in [5.41, 5.74) is 5.67. The normalized spacial score (nSPS) is 15.4. The molecular weight excluding hydrogens is 346 g/mol. The molecule has 1 aliphatic heterocycles. The molecule has 1 saturated heterocycles. The lowest BCUT2D eigenvalue weighted by Crippen LogP contribution is -3.11. The highest BCUT2D eigenvalue weighted by Gasteiger charge is 2.15. The van der Waals surface area contributed by atoms with Crippen LogP contribution in [-0.2, 0) is 6.54 Å². The van der Waals surface area contributed by atoms with Crippen molar-refractivity contribution in [3.05, 3.63) is 77.5 Å². The third-order valence-electron chi connectivity index (χ3n) is 5.26. The molecule has 1 aromatic heterocycles. The number of rotatable bonds is 5. The number of nitrogens with zero attached hydrogens (tertiary/aromatic N) is 4. The number of hydrazone groups is 1. The maximum Gasteiger partial charge on any atom is 0.101 e. The topological polar surface area (TPSA) is 37.9 Å². The van der Waals surface area contributed by atoms with Gasteiger partial charge in [0.15, 0.2) is 0 Å². The van der Waals surface area contributed by atoms with Crippen molar-refractivity contribution in [2.75, 3.05) is 33.2 Å². The van der Waals surface area contributed by atoms with E-state index in [2.05, 4.69) is 73.7 Å². The van der Waals surface area contributed by atoms with E-state index in [0.29, 0.717) is 0 Å². The quantitative estimate of drug-likeness (QED) is 0.695. The minimum Gasteiger partial charge on any atom is -0.334 e. The summed E-state index contributed by atoms with van der Waals surface area (Å²) in [4.78, 5) is 1.57. The molecular formula is C23H28N5+. The van der Waals surface area contributed by atoms with Gasteiger partial charge in [-0.25, -0.2) is 0 Å². The Hall–Kier alpha value is -2.92. The number of benzene rings is 2. The lowest BCUT2D eigenvalue weighted by Gasteiger charge is -2.27. The molecule has 2 heterocycles. The maximum atomic E-state index is 4.88. The van der Waals surface area contributed by atoms with Gasteiger partial charge in [0.1, 0.15) is 5.69 Å². The molecule has 3 aromatic rings. The SMILES string of the molecule is Cc1ccc(-c2nn(Cc3ccccc3)cc2/C=N\N2CC[NH+](C)CC2)cc1. The van der Waals surface area contributed by atoms with Gasteiger partial charge in [-0.2, -0.15) is 10.2 Å². The molecule has 0 atom stereocenters. The Labute approximate surface area is 166 Å². The van der Waals surface area contributed by atoms with Crippen LogP contribution in [0.15, 0.2) is 65.9 Å². The summed E-state index contributed by atoms with van der Waals surface area (Å²) in [6.07, 6.45) is 4.08. The van der Waals surface area contributed by atoms with E-state index >= 15 is 0 Å². The molecule has 144 valence electrons. The van der Waals surface area contributed by atoms with Crippen LogP contribution in [0.4, 0.5) is 0 Å². The summed E-state index contributed by atoms with van der Waals surface area (Å²) < 4.78 is 2.01. The third-order valence-corrected chi connectivity index (χ3v) is 5.26. The number of likely N-dealkylation sites (N-methyl/N-ethyl adjacent to an activating group) is 1. The molecule has 0 spiro atoms. The molecule has 0 unspecified atom stereocenters. The number of nitrogens with one attached hydrogen (secondary N) is 1. The molecule has 1 aliphatic rings. The van der Waals surface area contributed by atoms with Crippen molar-refractivity contribution in [3.63, 3.8) is 0 Å². The summed E-state index contributed by atoms with van der Waals surface area (Å²) in [6.45, 7) is 7.13. The van der Waals surface area contributed by atoms with Gasteiger partial charge in [-0.3, -0.25) is 9.69 Å². The molecule has 1 fully saturated rings. The van der Waals surface area contributed by atoms with Gasteiger partial charge >= 0.3 is 0 Å². The zero-order chi connectivity index (χ0) is 19.3. The molecule has 0 radical (unpaired) electrons. The third kappa shape index (κ3) is 4.49. The van der Waals surface area contributed by atoms with Crippen LogP contribution in [0.25, 0.3) is 11.3 Å². The number of aromatic nitrogens is 2. The number of piperazine rings is 1. The van der Waals surface area contributed by atoms with Crippen molar-refractivity contribution >= 4 is 6.21 Å². The van der Waals surface area contributed by atoms with Crippen LogP contribution in [0, 0.1) is 6.92 Å². The first-order valence-corrected chi connectivity index (χ1v) is 9.96. The smallest absolute Gasteiger partial charge is 0.101 e. The second-order valence-electron chi connectivity index (χ2n) is 7.64. The maximum absolute atomic E-state index is 4.88. The van der Waals surface area contributed by atoms with E-state index < -0.39 is 0 Å². The monoisotopic (exact) mass is 374 g/mol. The fourth-order valence-electron chi connectivity index (χ4n) is 3.45. The van der Waals surface area contributed by atoms with Gasteiger partial charge in [0.25, 0.3) is 0 Å². The van der Waals surface area contributed by atoms with Crippen molar-refractivity contribution in [3.8, 4) is 11.3 Å². The van der Waals surface area contributed by atoms with E-state index in [1.807, 2.05) is 17.0 Å². The van der Waals surface area contributed by atoms with E-state index in [-0.39, 0.29) is 0 Å². The highest BCUT2D eigenvalue weighted by molar-refractivity contribution is 5.88. The van der Waals surface area contributed by atoms with Crippen molar-refractivity contribution < 1.29 is 4.90 Å². The molecule has 28 heavy (non-hydrogen) atoms. The summed E-state index contributed by atoms with van der Waals surface area (Å²) in [7, 11) is 2.24. The van der Waals surface area contributed by atoms with Gasteiger partial charge in [0.2, 0.25) is 0 Å². The zero-order valence-electron chi connectivity index (χ0n) is 16.7. The molecule has 0 bridgehead atoms. The standard InChI is InChI=1S/C23H27N5/c1-19-8-10-21(11-9-19)23-22(16-24-27-14-12-26(2)13-15-27)18-28(25-23)17-20-6-4-3-5-7-20/h3-11,16,18H,12-15,17H2,1-2H3/p+1/b24-16-. The Kier molecular flexibility index (Phi) is 5.53. The lowest BCUT2D eigenvalue weighted by atomic mass is 10.1. The summed E-state index contributed by atoms with van der Waals surface area (Å²) >= 11 is 0. The van der Waals surface area contributed by atoms with Gasteiger partial charge in [0, 0.05) is 17.3 Å². The molecule has 5 heteroatoms. The van der Waals surface area contributed by atoms with E-state index in [1.165, 1.54) is 11.1 Å². The predicted octanol–water partition coefficient (Wildman–Crippen LogP) is 2.07. The summed E-state index contributed by atoms with van der Waals surface area (Å²) in [5.74, 6) is 0. The second-order valence-corrected chi connectivity index (χ2v) is 7.64. The molecule has 4 rings (SSSR count). The second kappa shape index (κ2) is 8.40. The Morgan fingerprint density at radius 1 is 1.04 bits per heavy atom. The first-order chi connectivity index (χ1) is 13.7. The van der Waals surface area contributed by atoms with Crippen LogP contribution < -0.4 is 4.90 Å².